The van der Waals surface area contributed by atoms with Crippen LogP contribution in [-0.2, 0) is 14.3 Å². The first kappa shape index (κ1) is 16.2. The summed E-state index contributed by atoms with van der Waals surface area (Å²) < 4.78 is 5.13. The van der Waals surface area contributed by atoms with E-state index in [9.17, 15) is 9.59 Å². The number of hydrogen-bond donors (Lipinski definition) is 2. The van der Waals surface area contributed by atoms with Crippen molar-refractivity contribution in [2.45, 2.75) is 45.3 Å². The van der Waals surface area contributed by atoms with Crippen LogP contribution in [0.5, 0.6) is 0 Å². The van der Waals surface area contributed by atoms with Crippen molar-refractivity contribution < 1.29 is 19.4 Å². The van der Waals surface area contributed by atoms with Gasteiger partial charge in [-0.05, 0) is 32.9 Å². The molecule has 17 heavy (non-hydrogen) atoms. The van der Waals surface area contributed by atoms with Crippen LogP contribution in [0.4, 0.5) is 0 Å². The van der Waals surface area contributed by atoms with Crippen LogP contribution in [0, 0.1) is 0 Å². The molecule has 0 amide bonds. The van der Waals surface area contributed by atoms with E-state index in [4.69, 9.17) is 15.6 Å². The second-order valence-electron chi connectivity index (χ2n) is 4.68. The second kappa shape index (κ2) is 7.55. The van der Waals surface area contributed by atoms with Crippen molar-refractivity contribution in [1.29, 1.82) is 0 Å². The average molecular weight is 263 g/mol. The minimum absolute atomic E-state index is 0.229. The third kappa shape index (κ3) is 10.1. The number of carbonyl (C=O) groups is 2. The van der Waals surface area contributed by atoms with E-state index in [2.05, 4.69) is 0 Å². The van der Waals surface area contributed by atoms with E-state index in [-0.39, 0.29) is 5.97 Å². The first-order chi connectivity index (χ1) is 7.72. The molecule has 0 aromatic carbocycles. The molecule has 0 aliphatic heterocycles. The number of carbonyl (C=O) groups excluding carboxylic acids is 1. The molecule has 0 bridgehead atoms. The molecule has 0 saturated heterocycles. The zero-order valence-electron chi connectivity index (χ0n) is 10.6. The van der Waals surface area contributed by atoms with Gasteiger partial charge in [-0.15, -0.1) is 0 Å². The molecule has 0 spiro atoms. The van der Waals surface area contributed by atoms with Gasteiger partial charge in [0, 0.05) is 5.75 Å². The van der Waals surface area contributed by atoms with Crippen molar-refractivity contribution in [3.63, 3.8) is 0 Å². The molecule has 3 N–H and O–H groups in total. The standard InChI is InChI=1S/C11H21NO4S/c1-11(2,3)16-9(13)5-7-17-6-4-8(12)10(14)15/h8H,4-7,12H2,1-3H3,(H,14,15)/t8-/m0/s1. The third-order valence-corrected chi connectivity index (χ3v) is 2.78. The number of carboxylic acids is 1. The molecule has 0 aliphatic carbocycles. The monoisotopic (exact) mass is 263 g/mol. The fraction of sp³-hybridized carbons (Fsp3) is 0.818. The van der Waals surface area contributed by atoms with Gasteiger partial charge in [-0.1, -0.05) is 0 Å². The quantitative estimate of drug-likeness (QED) is 0.531. The highest BCUT2D eigenvalue weighted by molar-refractivity contribution is 7.99. The molecule has 100 valence electrons. The van der Waals surface area contributed by atoms with E-state index in [1.165, 1.54) is 11.8 Å². The van der Waals surface area contributed by atoms with Crippen LogP contribution >= 0.6 is 11.8 Å². The summed E-state index contributed by atoms with van der Waals surface area (Å²) in [5, 5.41) is 8.55. The normalized spacial score (nSPS) is 13.2. The van der Waals surface area contributed by atoms with Crippen molar-refractivity contribution in [2.75, 3.05) is 11.5 Å². The molecule has 0 saturated carbocycles. The fourth-order valence-electron chi connectivity index (χ4n) is 0.984. The molecule has 0 unspecified atom stereocenters. The van der Waals surface area contributed by atoms with Crippen LogP contribution in [0.3, 0.4) is 0 Å². The number of thioether (sulfide) groups is 1. The van der Waals surface area contributed by atoms with Gasteiger partial charge in [0.1, 0.15) is 11.6 Å². The van der Waals surface area contributed by atoms with E-state index in [0.717, 1.165) is 0 Å². The fourth-order valence-corrected chi connectivity index (χ4v) is 1.92. The minimum atomic E-state index is -0.988. The summed E-state index contributed by atoms with van der Waals surface area (Å²) in [5.74, 6) is 0.0441. The molecule has 6 heteroatoms. The van der Waals surface area contributed by atoms with Crippen molar-refractivity contribution in [1.82, 2.24) is 0 Å². The lowest BCUT2D eigenvalue weighted by molar-refractivity contribution is -0.154. The minimum Gasteiger partial charge on any atom is -0.480 e. The highest BCUT2D eigenvalue weighted by Gasteiger charge is 2.16. The predicted molar refractivity (Wildman–Crippen MR) is 68.0 cm³/mol. The van der Waals surface area contributed by atoms with Crippen molar-refractivity contribution in [3.05, 3.63) is 0 Å². The second-order valence-corrected chi connectivity index (χ2v) is 5.91. The van der Waals surface area contributed by atoms with Crippen LogP contribution in [0.25, 0.3) is 0 Å². The van der Waals surface area contributed by atoms with Crippen molar-refractivity contribution in [3.8, 4) is 0 Å². The molecule has 0 radical (unpaired) electrons. The average Bonchev–Trinajstić information content (AvgIpc) is 2.13. The van der Waals surface area contributed by atoms with Gasteiger partial charge in [-0.25, -0.2) is 0 Å². The number of aliphatic carboxylic acids is 1. The van der Waals surface area contributed by atoms with Crippen molar-refractivity contribution >= 4 is 23.7 Å². The van der Waals surface area contributed by atoms with Crippen LogP contribution in [0.15, 0.2) is 0 Å². The Labute approximate surface area is 106 Å². The molecule has 0 heterocycles. The van der Waals surface area contributed by atoms with Gasteiger partial charge in [0.05, 0.1) is 6.42 Å². The molecule has 5 nitrogen and oxygen atoms in total. The van der Waals surface area contributed by atoms with E-state index >= 15 is 0 Å². The number of ether oxygens (including phenoxy) is 1. The lowest BCUT2D eigenvalue weighted by Crippen LogP contribution is -2.30. The predicted octanol–water partition coefficient (Wildman–Crippen LogP) is 1.25. The Morgan fingerprint density at radius 2 is 1.94 bits per heavy atom. The lowest BCUT2D eigenvalue weighted by atomic mass is 10.2. The van der Waals surface area contributed by atoms with E-state index in [0.29, 0.717) is 24.3 Å². The van der Waals surface area contributed by atoms with Gasteiger partial charge in [-0.3, -0.25) is 9.59 Å². The topological polar surface area (TPSA) is 89.6 Å². The van der Waals surface area contributed by atoms with E-state index in [1.807, 2.05) is 20.8 Å². The summed E-state index contributed by atoms with van der Waals surface area (Å²) >= 11 is 1.51. The smallest absolute Gasteiger partial charge is 0.320 e. The molecule has 0 rings (SSSR count). The zero-order chi connectivity index (χ0) is 13.5. The summed E-state index contributed by atoms with van der Waals surface area (Å²) in [7, 11) is 0. The SMILES string of the molecule is CC(C)(C)OC(=O)CCSCC[C@H](N)C(=O)O. The number of rotatable bonds is 7. The Balaban J connectivity index is 3.52. The summed E-state index contributed by atoms with van der Waals surface area (Å²) in [5.41, 5.74) is 4.89. The van der Waals surface area contributed by atoms with E-state index in [1.54, 1.807) is 0 Å². The first-order valence-electron chi connectivity index (χ1n) is 5.50. The number of esters is 1. The Morgan fingerprint density at radius 3 is 2.41 bits per heavy atom. The molecule has 1 atom stereocenters. The van der Waals surface area contributed by atoms with Gasteiger partial charge in [-0.2, -0.15) is 11.8 Å². The summed E-state index contributed by atoms with van der Waals surface area (Å²) in [6.07, 6.45) is 0.749. The summed E-state index contributed by atoms with van der Waals surface area (Å²) in [6, 6.07) is -0.816. The highest BCUT2D eigenvalue weighted by Crippen LogP contribution is 2.11. The molecular weight excluding hydrogens is 242 g/mol. The van der Waals surface area contributed by atoms with Crippen LogP contribution in [0.1, 0.15) is 33.6 Å². The Bertz CT molecular complexity index is 263. The van der Waals surface area contributed by atoms with Crippen LogP contribution in [-0.4, -0.2) is 40.2 Å². The Kier molecular flexibility index (Phi) is 7.22. The van der Waals surface area contributed by atoms with Crippen LogP contribution < -0.4 is 5.73 Å². The largest absolute Gasteiger partial charge is 0.480 e. The first-order valence-corrected chi connectivity index (χ1v) is 6.66. The third-order valence-electron chi connectivity index (χ3n) is 1.76. The summed E-state index contributed by atoms with van der Waals surface area (Å²) in [4.78, 5) is 21.7. The maximum atomic E-state index is 11.3. The number of hydrogen-bond acceptors (Lipinski definition) is 5. The maximum Gasteiger partial charge on any atom is 0.320 e. The molecule has 0 aromatic rings. The molecule has 0 fully saturated rings. The zero-order valence-corrected chi connectivity index (χ0v) is 11.4. The van der Waals surface area contributed by atoms with Gasteiger partial charge in [0.25, 0.3) is 0 Å². The molecule has 0 aromatic heterocycles. The number of nitrogens with two attached hydrogens (primary N) is 1. The lowest BCUT2D eigenvalue weighted by Gasteiger charge is -2.19. The Morgan fingerprint density at radius 1 is 1.35 bits per heavy atom. The highest BCUT2D eigenvalue weighted by atomic mass is 32.2. The van der Waals surface area contributed by atoms with Gasteiger partial charge in [0.2, 0.25) is 0 Å². The van der Waals surface area contributed by atoms with Gasteiger partial charge in [0.15, 0.2) is 0 Å². The maximum absolute atomic E-state index is 11.3. The van der Waals surface area contributed by atoms with Crippen LogP contribution in [0.2, 0.25) is 0 Å². The van der Waals surface area contributed by atoms with E-state index < -0.39 is 17.6 Å². The van der Waals surface area contributed by atoms with Gasteiger partial charge < -0.3 is 15.6 Å². The Hall–Kier alpha value is -0.750. The van der Waals surface area contributed by atoms with Crippen molar-refractivity contribution in [2.24, 2.45) is 5.73 Å². The molecular formula is C11H21NO4S. The summed E-state index contributed by atoms with van der Waals surface area (Å²) in [6.45, 7) is 5.47. The molecule has 0 aliphatic rings. The van der Waals surface area contributed by atoms with Gasteiger partial charge >= 0.3 is 11.9 Å². The number of carboxylic acid groups (broad SMARTS) is 1.